The molecule has 1 saturated carbocycles. The van der Waals surface area contributed by atoms with Crippen LogP contribution in [-0.2, 0) is 4.79 Å². The Balaban J connectivity index is 2.12. The number of hydrogen-bond acceptors (Lipinski definition) is 1. The van der Waals surface area contributed by atoms with Crippen LogP contribution in [0.25, 0.3) is 6.08 Å². The minimum atomic E-state index is -0.115. The standard InChI is InChI=1S/C13H14O/c1-11(14)13(9-10-13)8-7-12-5-3-2-4-6-12/h2-8H,9-10H2,1H3/b8-7+. The van der Waals surface area contributed by atoms with Gasteiger partial charge in [-0.05, 0) is 25.3 Å². The van der Waals surface area contributed by atoms with Crippen LogP contribution in [0, 0.1) is 5.41 Å². The molecular formula is C13H14O. The maximum Gasteiger partial charge on any atom is 0.139 e. The first-order valence-corrected chi connectivity index (χ1v) is 4.98. The molecule has 1 aromatic rings. The van der Waals surface area contributed by atoms with E-state index in [4.69, 9.17) is 0 Å². The van der Waals surface area contributed by atoms with Crippen LogP contribution in [0.2, 0.25) is 0 Å². The van der Waals surface area contributed by atoms with Crippen molar-refractivity contribution in [2.75, 3.05) is 0 Å². The summed E-state index contributed by atoms with van der Waals surface area (Å²) in [5, 5.41) is 0. The molecule has 0 unspecified atom stereocenters. The molecule has 1 aliphatic carbocycles. The summed E-state index contributed by atoms with van der Waals surface area (Å²) in [6, 6.07) is 10.1. The molecule has 1 aromatic carbocycles. The van der Waals surface area contributed by atoms with Crippen molar-refractivity contribution in [3.8, 4) is 0 Å². The molecule has 0 aliphatic heterocycles. The van der Waals surface area contributed by atoms with Gasteiger partial charge in [-0.25, -0.2) is 0 Å². The van der Waals surface area contributed by atoms with E-state index in [-0.39, 0.29) is 5.41 Å². The van der Waals surface area contributed by atoms with Gasteiger partial charge in [0.25, 0.3) is 0 Å². The highest BCUT2D eigenvalue weighted by Crippen LogP contribution is 2.48. The zero-order valence-electron chi connectivity index (χ0n) is 8.36. The van der Waals surface area contributed by atoms with E-state index in [0.717, 1.165) is 12.8 Å². The molecule has 1 heteroatoms. The van der Waals surface area contributed by atoms with Crippen LogP contribution in [0.1, 0.15) is 25.3 Å². The van der Waals surface area contributed by atoms with Gasteiger partial charge in [0, 0.05) is 5.41 Å². The summed E-state index contributed by atoms with van der Waals surface area (Å²) in [6.45, 7) is 1.68. The Bertz CT molecular complexity index is 358. The van der Waals surface area contributed by atoms with E-state index >= 15 is 0 Å². The average molecular weight is 186 g/mol. The first-order valence-electron chi connectivity index (χ1n) is 4.98. The van der Waals surface area contributed by atoms with E-state index in [2.05, 4.69) is 12.2 Å². The summed E-state index contributed by atoms with van der Waals surface area (Å²) in [7, 11) is 0. The van der Waals surface area contributed by atoms with Crippen LogP contribution in [0.15, 0.2) is 36.4 Å². The highest BCUT2D eigenvalue weighted by atomic mass is 16.1. The second kappa shape index (κ2) is 3.41. The molecule has 2 rings (SSSR count). The third-order valence-corrected chi connectivity index (χ3v) is 2.88. The Morgan fingerprint density at radius 2 is 1.93 bits per heavy atom. The second-order valence-corrected chi connectivity index (χ2v) is 3.96. The van der Waals surface area contributed by atoms with Gasteiger partial charge in [-0.1, -0.05) is 42.5 Å². The summed E-state index contributed by atoms with van der Waals surface area (Å²) in [5.41, 5.74) is 1.05. The molecule has 0 amide bonds. The molecule has 0 heterocycles. The quantitative estimate of drug-likeness (QED) is 0.709. The van der Waals surface area contributed by atoms with Crippen molar-refractivity contribution in [2.45, 2.75) is 19.8 Å². The Hall–Kier alpha value is -1.37. The van der Waals surface area contributed by atoms with Crippen LogP contribution >= 0.6 is 0 Å². The number of allylic oxidation sites excluding steroid dienone is 1. The summed E-state index contributed by atoms with van der Waals surface area (Å²) < 4.78 is 0. The molecule has 72 valence electrons. The molecule has 0 radical (unpaired) electrons. The minimum absolute atomic E-state index is 0.115. The molecular weight excluding hydrogens is 172 g/mol. The highest BCUT2D eigenvalue weighted by molar-refractivity contribution is 5.88. The fraction of sp³-hybridized carbons (Fsp3) is 0.308. The van der Waals surface area contributed by atoms with Crippen molar-refractivity contribution in [1.82, 2.24) is 0 Å². The van der Waals surface area contributed by atoms with Gasteiger partial charge < -0.3 is 0 Å². The topological polar surface area (TPSA) is 17.1 Å². The van der Waals surface area contributed by atoms with Gasteiger partial charge in [-0.15, -0.1) is 0 Å². The normalized spacial score (nSPS) is 18.4. The van der Waals surface area contributed by atoms with Crippen LogP contribution in [0.5, 0.6) is 0 Å². The molecule has 0 spiro atoms. The van der Waals surface area contributed by atoms with E-state index in [9.17, 15) is 4.79 Å². The number of Topliss-reactive ketones (excluding diaryl/α,β-unsaturated/α-hetero) is 1. The van der Waals surface area contributed by atoms with Crippen LogP contribution in [0.4, 0.5) is 0 Å². The van der Waals surface area contributed by atoms with Gasteiger partial charge in [0.1, 0.15) is 5.78 Å². The number of ketones is 1. The largest absolute Gasteiger partial charge is 0.299 e. The van der Waals surface area contributed by atoms with E-state index in [1.807, 2.05) is 30.3 Å². The maximum atomic E-state index is 11.3. The Kier molecular flexibility index (Phi) is 2.24. The Morgan fingerprint density at radius 3 is 2.43 bits per heavy atom. The highest BCUT2D eigenvalue weighted by Gasteiger charge is 2.44. The monoisotopic (exact) mass is 186 g/mol. The fourth-order valence-corrected chi connectivity index (χ4v) is 1.59. The van der Waals surface area contributed by atoms with Crippen LogP contribution in [-0.4, -0.2) is 5.78 Å². The Morgan fingerprint density at radius 1 is 1.29 bits per heavy atom. The van der Waals surface area contributed by atoms with Crippen molar-refractivity contribution in [2.24, 2.45) is 5.41 Å². The van der Waals surface area contributed by atoms with Crippen molar-refractivity contribution < 1.29 is 4.79 Å². The second-order valence-electron chi connectivity index (χ2n) is 3.96. The molecule has 0 bridgehead atoms. The summed E-state index contributed by atoms with van der Waals surface area (Å²) in [6.07, 6.45) is 6.15. The zero-order valence-corrected chi connectivity index (χ0v) is 8.36. The first kappa shape index (κ1) is 9.20. The summed E-state index contributed by atoms with van der Waals surface area (Å²) in [5.74, 6) is 0.296. The molecule has 0 saturated heterocycles. The van der Waals surface area contributed by atoms with Crippen LogP contribution < -0.4 is 0 Å². The SMILES string of the molecule is CC(=O)C1(/C=C/c2ccccc2)CC1. The van der Waals surface area contributed by atoms with Gasteiger partial charge >= 0.3 is 0 Å². The van der Waals surface area contributed by atoms with E-state index < -0.39 is 0 Å². The lowest BCUT2D eigenvalue weighted by Gasteiger charge is -2.02. The van der Waals surface area contributed by atoms with E-state index in [0.29, 0.717) is 5.78 Å². The number of benzene rings is 1. The lowest BCUT2D eigenvalue weighted by molar-refractivity contribution is -0.120. The lowest BCUT2D eigenvalue weighted by Crippen LogP contribution is -2.07. The minimum Gasteiger partial charge on any atom is -0.299 e. The summed E-state index contributed by atoms with van der Waals surface area (Å²) >= 11 is 0. The third kappa shape index (κ3) is 1.77. The molecule has 1 nitrogen and oxygen atoms in total. The molecule has 0 N–H and O–H groups in total. The smallest absolute Gasteiger partial charge is 0.139 e. The van der Waals surface area contributed by atoms with Crippen molar-refractivity contribution in [3.05, 3.63) is 42.0 Å². The van der Waals surface area contributed by atoms with Crippen molar-refractivity contribution in [3.63, 3.8) is 0 Å². The van der Waals surface area contributed by atoms with Gasteiger partial charge in [-0.3, -0.25) is 4.79 Å². The van der Waals surface area contributed by atoms with Crippen molar-refractivity contribution in [1.29, 1.82) is 0 Å². The average Bonchev–Trinajstić information content (AvgIpc) is 2.97. The summed E-state index contributed by atoms with van der Waals surface area (Å²) in [4.78, 5) is 11.3. The predicted octanol–water partition coefficient (Wildman–Crippen LogP) is 3.07. The maximum absolute atomic E-state index is 11.3. The molecule has 1 fully saturated rings. The third-order valence-electron chi connectivity index (χ3n) is 2.88. The van der Waals surface area contributed by atoms with Gasteiger partial charge in [0.15, 0.2) is 0 Å². The number of hydrogen-bond donors (Lipinski definition) is 0. The molecule has 1 aliphatic rings. The molecule has 0 atom stereocenters. The fourth-order valence-electron chi connectivity index (χ4n) is 1.59. The van der Waals surface area contributed by atoms with Crippen molar-refractivity contribution >= 4 is 11.9 Å². The molecule has 0 aromatic heterocycles. The van der Waals surface area contributed by atoms with E-state index in [1.54, 1.807) is 6.92 Å². The first-order chi connectivity index (χ1) is 6.73. The van der Waals surface area contributed by atoms with Gasteiger partial charge in [-0.2, -0.15) is 0 Å². The van der Waals surface area contributed by atoms with E-state index in [1.165, 1.54) is 5.56 Å². The number of rotatable bonds is 3. The van der Waals surface area contributed by atoms with Crippen LogP contribution in [0.3, 0.4) is 0 Å². The van der Waals surface area contributed by atoms with Gasteiger partial charge in [0.2, 0.25) is 0 Å². The van der Waals surface area contributed by atoms with Gasteiger partial charge in [0.05, 0.1) is 0 Å². The molecule has 14 heavy (non-hydrogen) atoms. The predicted molar refractivity (Wildman–Crippen MR) is 57.8 cm³/mol. The number of carbonyl (C=O) groups excluding carboxylic acids is 1. The number of carbonyl (C=O) groups is 1. The lowest BCUT2D eigenvalue weighted by atomic mass is 10.0. The zero-order chi connectivity index (χ0) is 10.0. The Labute approximate surface area is 84.5 Å².